The molecule has 1 aromatic carbocycles. The molecule has 0 saturated carbocycles. The van der Waals surface area contributed by atoms with Gasteiger partial charge in [0.1, 0.15) is 0 Å². The van der Waals surface area contributed by atoms with Gasteiger partial charge in [-0.25, -0.2) is 0 Å². The second-order valence-corrected chi connectivity index (χ2v) is 3.26. The van der Waals surface area contributed by atoms with Crippen molar-refractivity contribution >= 4 is 5.84 Å². The molecular formula is C10H9F5N2. The molecule has 2 N–H and O–H groups in total. The first kappa shape index (κ1) is 13.4. The molecule has 17 heavy (non-hydrogen) atoms. The van der Waals surface area contributed by atoms with E-state index in [1.54, 1.807) is 30.3 Å². The highest BCUT2D eigenvalue weighted by Gasteiger charge is 2.60. The molecule has 0 amide bonds. The van der Waals surface area contributed by atoms with E-state index in [1.807, 2.05) is 0 Å². The molecule has 0 aliphatic carbocycles. The minimum atomic E-state index is -5.72. The topological polar surface area (TPSA) is 38.4 Å². The Morgan fingerprint density at radius 2 is 1.59 bits per heavy atom. The zero-order valence-electron chi connectivity index (χ0n) is 8.51. The second-order valence-electron chi connectivity index (χ2n) is 3.26. The molecule has 0 heterocycles. The summed E-state index contributed by atoms with van der Waals surface area (Å²) in [4.78, 5) is 3.06. The molecule has 0 bridgehead atoms. The molecule has 1 aromatic rings. The second kappa shape index (κ2) is 4.68. The molecule has 0 spiro atoms. The van der Waals surface area contributed by atoms with Crippen LogP contribution >= 0.6 is 0 Å². The van der Waals surface area contributed by atoms with Crippen molar-refractivity contribution < 1.29 is 22.0 Å². The normalized spacial score (nSPS) is 13.8. The molecule has 0 unspecified atom stereocenters. The van der Waals surface area contributed by atoms with Gasteiger partial charge in [0.05, 0.1) is 6.54 Å². The first-order valence-corrected chi connectivity index (χ1v) is 4.54. The number of halogens is 5. The van der Waals surface area contributed by atoms with E-state index in [4.69, 9.17) is 0 Å². The Bertz CT molecular complexity index is 397. The first-order valence-electron chi connectivity index (χ1n) is 4.54. The highest BCUT2D eigenvalue weighted by atomic mass is 19.4. The summed E-state index contributed by atoms with van der Waals surface area (Å²) in [5.41, 5.74) is 5.16. The van der Waals surface area contributed by atoms with Gasteiger partial charge >= 0.3 is 12.1 Å². The van der Waals surface area contributed by atoms with Gasteiger partial charge in [-0.05, 0) is 5.56 Å². The summed E-state index contributed by atoms with van der Waals surface area (Å²) >= 11 is 0. The lowest BCUT2D eigenvalue weighted by Crippen LogP contribution is -2.48. The smallest absolute Gasteiger partial charge is 0.382 e. The van der Waals surface area contributed by atoms with Gasteiger partial charge in [-0.3, -0.25) is 4.99 Å². The van der Waals surface area contributed by atoms with Gasteiger partial charge in [-0.15, -0.1) is 0 Å². The van der Waals surface area contributed by atoms with Crippen LogP contribution in [-0.4, -0.2) is 17.9 Å². The van der Waals surface area contributed by atoms with Crippen molar-refractivity contribution in [1.29, 1.82) is 0 Å². The van der Waals surface area contributed by atoms with E-state index in [-0.39, 0.29) is 6.54 Å². The molecule has 0 aliphatic heterocycles. The lowest BCUT2D eigenvalue weighted by Gasteiger charge is -2.18. The van der Waals surface area contributed by atoms with Gasteiger partial charge in [0, 0.05) is 0 Å². The van der Waals surface area contributed by atoms with Crippen molar-refractivity contribution in [2.75, 3.05) is 0 Å². The molecular weight excluding hydrogens is 243 g/mol. The third-order valence-corrected chi connectivity index (χ3v) is 1.95. The number of nitrogens with two attached hydrogens (primary N) is 1. The number of benzene rings is 1. The highest BCUT2D eigenvalue weighted by molar-refractivity contribution is 5.88. The number of rotatable bonds is 3. The van der Waals surface area contributed by atoms with Crippen LogP contribution in [-0.2, 0) is 6.54 Å². The fourth-order valence-electron chi connectivity index (χ4n) is 1.00. The molecule has 0 aromatic heterocycles. The van der Waals surface area contributed by atoms with Gasteiger partial charge in [-0.1, -0.05) is 30.3 Å². The Kier molecular flexibility index (Phi) is 3.69. The van der Waals surface area contributed by atoms with Crippen molar-refractivity contribution in [2.24, 2.45) is 10.7 Å². The molecule has 7 heteroatoms. The van der Waals surface area contributed by atoms with Gasteiger partial charge in [0.25, 0.3) is 0 Å². The Balaban J connectivity index is 2.80. The Morgan fingerprint density at radius 1 is 1.06 bits per heavy atom. The van der Waals surface area contributed by atoms with E-state index in [9.17, 15) is 22.0 Å². The quantitative estimate of drug-likeness (QED) is 0.501. The number of hydrogen-bond acceptors (Lipinski definition) is 1. The number of nitrogens with zero attached hydrogens (tertiary/aromatic N) is 1. The van der Waals surface area contributed by atoms with Crippen LogP contribution in [0.3, 0.4) is 0 Å². The van der Waals surface area contributed by atoms with Crippen LogP contribution in [0.1, 0.15) is 5.56 Å². The third kappa shape index (κ3) is 3.15. The molecule has 0 atom stereocenters. The van der Waals surface area contributed by atoms with Crippen LogP contribution in [0.15, 0.2) is 35.3 Å². The van der Waals surface area contributed by atoms with Crippen molar-refractivity contribution in [3.8, 4) is 0 Å². The van der Waals surface area contributed by atoms with Crippen LogP contribution in [0.25, 0.3) is 0 Å². The lowest BCUT2D eigenvalue weighted by atomic mass is 10.2. The Hall–Kier alpha value is -1.66. The van der Waals surface area contributed by atoms with E-state index in [2.05, 4.69) is 10.7 Å². The fourth-order valence-corrected chi connectivity index (χ4v) is 1.00. The van der Waals surface area contributed by atoms with E-state index in [0.29, 0.717) is 5.56 Å². The predicted octanol–water partition coefficient (Wildman–Crippen LogP) is 2.74. The standard InChI is InChI=1S/C10H9F5N2/c11-9(12,10(13,14)15)8(16)17-6-7-4-2-1-3-5-7/h1-5H,6H2,(H2,16,17). The summed E-state index contributed by atoms with van der Waals surface area (Å²) in [6.45, 7) is -0.321. The van der Waals surface area contributed by atoms with Crippen LogP contribution in [0.4, 0.5) is 22.0 Å². The Labute approximate surface area is 94.0 Å². The molecule has 2 nitrogen and oxygen atoms in total. The SMILES string of the molecule is NC(=NCc1ccccc1)C(F)(F)C(F)(F)F. The summed E-state index contributed by atoms with van der Waals surface area (Å²) in [7, 11) is 0. The molecule has 0 fully saturated rings. The maximum Gasteiger partial charge on any atom is 0.461 e. The zero-order chi connectivity index (χ0) is 13.1. The summed E-state index contributed by atoms with van der Waals surface area (Å²) in [6, 6.07) is 8.00. The minimum Gasteiger partial charge on any atom is -0.382 e. The maximum atomic E-state index is 12.6. The van der Waals surface area contributed by atoms with E-state index in [0.717, 1.165) is 0 Å². The van der Waals surface area contributed by atoms with Gasteiger partial charge in [-0.2, -0.15) is 22.0 Å². The molecule has 0 radical (unpaired) electrons. The summed E-state index contributed by atoms with van der Waals surface area (Å²) in [5.74, 6) is -6.82. The molecule has 94 valence electrons. The van der Waals surface area contributed by atoms with Crippen molar-refractivity contribution in [3.63, 3.8) is 0 Å². The number of hydrogen-bond donors (Lipinski definition) is 1. The van der Waals surface area contributed by atoms with Crippen molar-refractivity contribution in [2.45, 2.75) is 18.6 Å². The average Bonchev–Trinajstić information content (AvgIpc) is 2.25. The number of aliphatic imine (C=N–C) groups is 1. The summed E-state index contributed by atoms with van der Waals surface area (Å²) < 4.78 is 61.0. The van der Waals surface area contributed by atoms with Gasteiger partial charge in [0.2, 0.25) is 0 Å². The maximum absolute atomic E-state index is 12.6. The van der Waals surface area contributed by atoms with Crippen molar-refractivity contribution in [1.82, 2.24) is 0 Å². The minimum absolute atomic E-state index is 0.321. The van der Waals surface area contributed by atoms with E-state index >= 15 is 0 Å². The zero-order valence-corrected chi connectivity index (χ0v) is 8.51. The number of amidine groups is 1. The van der Waals surface area contributed by atoms with Crippen molar-refractivity contribution in [3.05, 3.63) is 35.9 Å². The van der Waals surface area contributed by atoms with Gasteiger partial charge in [0.15, 0.2) is 5.84 Å². The first-order chi connectivity index (χ1) is 7.75. The monoisotopic (exact) mass is 252 g/mol. The number of alkyl halides is 5. The largest absolute Gasteiger partial charge is 0.461 e. The molecule has 0 aliphatic rings. The predicted molar refractivity (Wildman–Crippen MR) is 52.8 cm³/mol. The average molecular weight is 252 g/mol. The fraction of sp³-hybridized carbons (Fsp3) is 0.300. The summed E-state index contributed by atoms with van der Waals surface area (Å²) in [6.07, 6.45) is -5.72. The van der Waals surface area contributed by atoms with Crippen LogP contribution in [0.2, 0.25) is 0 Å². The van der Waals surface area contributed by atoms with E-state index < -0.39 is 17.9 Å². The highest BCUT2D eigenvalue weighted by Crippen LogP contribution is 2.35. The van der Waals surface area contributed by atoms with Crippen LogP contribution in [0, 0.1) is 0 Å². The van der Waals surface area contributed by atoms with E-state index in [1.165, 1.54) is 0 Å². The lowest BCUT2D eigenvalue weighted by molar-refractivity contribution is -0.249. The van der Waals surface area contributed by atoms with Gasteiger partial charge < -0.3 is 5.73 Å². The Morgan fingerprint density at radius 3 is 2.06 bits per heavy atom. The summed E-state index contributed by atoms with van der Waals surface area (Å²) in [5, 5.41) is 0. The molecule has 1 rings (SSSR count). The van der Waals surface area contributed by atoms with Crippen LogP contribution in [0.5, 0.6) is 0 Å². The third-order valence-electron chi connectivity index (χ3n) is 1.95. The van der Waals surface area contributed by atoms with Crippen LogP contribution < -0.4 is 5.73 Å². The molecule has 0 saturated heterocycles.